The van der Waals surface area contributed by atoms with Gasteiger partial charge in [-0.3, -0.25) is 10.1 Å². The first-order valence-electron chi connectivity index (χ1n) is 6.83. The van der Waals surface area contributed by atoms with Crippen LogP contribution in [0.4, 0.5) is 0 Å². The van der Waals surface area contributed by atoms with Crippen LogP contribution < -0.4 is 5.32 Å². The van der Waals surface area contributed by atoms with Crippen LogP contribution in [0.5, 0.6) is 0 Å². The van der Waals surface area contributed by atoms with Gasteiger partial charge in [0.2, 0.25) is 5.91 Å². The standard InChI is InChI=1S/C14H22N2O3S/c1-10-4-5-12(20-10)13-15-11(2)14(17)16(13)6-7-19-9-8-18-3/h4-5,11,13,15H,6-9H2,1-3H3. The number of amides is 1. The van der Waals surface area contributed by atoms with Gasteiger partial charge in [-0.15, -0.1) is 11.3 Å². The smallest absolute Gasteiger partial charge is 0.241 e. The second kappa shape index (κ2) is 7.17. The number of nitrogens with zero attached hydrogens (tertiary/aromatic N) is 1. The van der Waals surface area contributed by atoms with E-state index in [9.17, 15) is 4.79 Å². The maximum atomic E-state index is 12.2. The van der Waals surface area contributed by atoms with Gasteiger partial charge in [0.15, 0.2) is 0 Å². The Bertz CT molecular complexity index is 449. The number of rotatable bonds is 7. The first-order chi connectivity index (χ1) is 9.63. The molecule has 1 amide bonds. The molecule has 5 nitrogen and oxygen atoms in total. The molecule has 0 aromatic carbocycles. The van der Waals surface area contributed by atoms with Gasteiger partial charge in [0.05, 0.1) is 25.9 Å². The molecule has 112 valence electrons. The zero-order valence-electron chi connectivity index (χ0n) is 12.2. The quantitative estimate of drug-likeness (QED) is 0.776. The topological polar surface area (TPSA) is 50.8 Å². The van der Waals surface area contributed by atoms with E-state index in [-0.39, 0.29) is 18.1 Å². The van der Waals surface area contributed by atoms with E-state index in [0.29, 0.717) is 26.4 Å². The summed E-state index contributed by atoms with van der Waals surface area (Å²) >= 11 is 1.72. The molecule has 1 aliphatic heterocycles. The zero-order chi connectivity index (χ0) is 14.5. The second-order valence-electron chi connectivity index (χ2n) is 4.88. The van der Waals surface area contributed by atoms with Crippen LogP contribution in [0.25, 0.3) is 0 Å². The SMILES string of the molecule is COCCOCCN1C(=O)C(C)NC1c1ccc(C)s1. The Morgan fingerprint density at radius 2 is 2.15 bits per heavy atom. The van der Waals surface area contributed by atoms with Crippen LogP contribution >= 0.6 is 11.3 Å². The van der Waals surface area contributed by atoms with Gasteiger partial charge < -0.3 is 14.4 Å². The van der Waals surface area contributed by atoms with Gasteiger partial charge in [-0.1, -0.05) is 0 Å². The summed E-state index contributed by atoms with van der Waals surface area (Å²) in [6.07, 6.45) is -0.0257. The number of hydrogen-bond acceptors (Lipinski definition) is 5. The lowest BCUT2D eigenvalue weighted by Crippen LogP contribution is -2.33. The summed E-state index contributed by atoms with van der Waals surface area (Å²) in [6, 6.07) is 4.03. The predicted molar refractivity (Wildman–Crippen MR) is 78.8 cm³/mol. The number of carbonyl (C=O) groups is 1. The van der Waals surface area contributed by atoms with Crippen LogP contribution in [0, 0.1) is 6.92 Å². The minimum Gasteiger partial charge on any atom is -0.382 e. The highest BCUT2D eigenvalue weighted by molar-refractivity contribution is 7.12. The number of hydrogen-bond donors (Lipinski definition) is 1. The van der Waals surface area contributed by atoms with Crippen molar-refractivity contribution in [2.45, 2.75) is 26.1 Å². The summed E-state index contributed by atoms with van der Waals surface area (Å²) in [5.41, 5.74) is 0. The average Bonchev–Trinajstić information content (AvgIpc) is 2.96. The highest BCUT2D eigenvalue weighted by Gasteiger charge is 2.37. The molecule has 2 unspecified atom stereocenters. The number of nitrogens with one attached hydrogen (secondary N) is 1. The Hall–Kier alpha value is -0.950. The molecule has 0 aliphatic carbocycles. The van der Waals surface area contributed by atoms with Gasteiger partial charge in [0, 0.05) is 23.4 Å². The van der Waals surface area contributed by atoms with Crippen molar-refractivity contribution in [1.82, 2.24) is 10.2 Å². The fraction of sp³-hybridized carbons (Fsp3) is 0.643. The van der Waals surface area contributed by atoms with E-state index in [0.717, 1.165) is 0 Å². The van der Waals surface area contributed by atoms with Gasteiger partial charge in [0.25, 0.3) is 0 Å². The number of methoxy groups -OCH3 is 1. The molecule has 0 spiro atoms. The van der Waals surface area contributed by atoms with Gasteiger partial charge in [-0.05, 0) is 26.0 Å². The molecule has 0 saturated carbocycles. The fourth-order valence-corrected chi connectivity index (χ4v) is 3.21. The Labute approximate surface area is 123 Å². The van der Waals surface area contributed by atoms with Gasteiger partial charge >= 0.3 is 0 Å². The largest absolute Gasteiger partial charge is 0.382 e. The number of thiophene rings is 1. The Balaban J connectivity index is 1.94. The number of carbonyl (C=O) groups excluding carboxylic acids is 1. The van der Waals surface area contributed by atoms with Gasteiger partial charge in [0.1, 0.15) is 6.17 Å². The Morgan fingerprint density at radius 1 is 1.35 bits per heavy atom. The van der Waals surface area contributed by atoms with E-state index >= 15 is 0 Å². The molecule has 1 aliphatic rings. The molecule has 0 radical (unpaired) electrons. The van der Waals surface area contributed by atoms with Crippen molar-refractivity contribution in [2.24, 2.45) is 0 Å². The lowest BCUT2D eigenvalue weighted by atomic mass is 10.3. The summed E-state index contributed by atoms with van der Waals surface area (Å²) in [4.78, 5) is 16.5. The third-order valence-corrected chi connectivity index (χ3v) is 4.37. The van der Waals surface area contributed by atoms with Gasteiger partial charge in [-0.2, -0.15) is 0 Å². The molecule has 1 aromatic heterocycles. The lowest BCUT2D eigenvalue weighted by molar-refractivity contribution is -0.130. The highest BCUT2D eigenvalue weighted by atomic mass is 32.1. The first kappa shape index (κ1) is 15.4. The molecule has 2 atom stereocenters. The van der Waals surface area contributed by atoms with E-state index in [4.69, 9.17) is 9.47 Å². The molecular formula is C14H22N2O3S. The highest BCUT2D eigenvalue weighted by Crippen LogP contribution is 2.30. The minimum absolute atomic E-state index is 0.0257. The van der Waals surface area contributed by atoms with Crippen molar-refractivity contribution in [3.05, 3.63) is 21.9 Å². The van der Waals surface area contributed by atoms with Crippen LogP contribution in [-0.2, 0) is 14.3 Å². The minimum atomic E-state index is -0.138. The first-order valence-corrected chi connectivity index (χ1v) is 7.64. The summed E-state index contributed by atoms with van der Waals surface area (Å²) < 4.78 is 10.4. The zero-order valence-corrected chi connectivity index (χ0v) is 13.0. The molecule has 1 saturated heterocycles. The Morgan fingerprint density at radius 3 is 2.80 bits per heavy atom. The third-order valence-electron chi connectivity index (χ3n) is 3.31. The van der Waals surface area contributed by atoms with Crippen LogP contribution in [0.1, 0.15) is 22.8 Å². The van der Waals surface area contributed by atoms with Crippen molar-refractivity contribution >= 4 is 17.2 Å². The molecule has 2 rings (SSSR count). The normalized spacial score (nSPS) is 22.8. The van der Waals surface area contributed by atoms with Crippen LogP contribution in [0.2, 0.25) is 0 Å². The average molecular weight is 298 g/mol. The molecular weight excluding hydrogens is 276 g/mol. The summed E-state index contributed by atoms with van der Waals surface area (Å²) in [5.74, 6) is 0.136. The van der Waals surface area contributed by atoms with Crippen molar-refractivity contribution in [2.75, 3.05) is 33.5 Å². The number of ether oxygens (including phenoxy) is 2. The van der Waals surface area contributed by atoms with Crippen LogP contribution in [0.3, 0.4) is 0 Å². The van der Waals surface area contributed by atoms with Gasteiger partial charge in [-0.25, -0.2) is 0 Å². The second-order valence-corrected chi connectivity index (χ2v) is 6.20. The lowest BCUT2D eigenvalue weighted by Gasteiger charge is -2.23. The summed E-state index contributed by atoms with van der Waals surface area (Å²) in [6.45, 7) is 6.25. The maximum absolute atomic E-state index is 12.2. The van der Waals surface area contributed by atoms with Crippen molar-refractivity contribution in [1.29, 1.82) is 0 Å². The van der Waals surface area contributed by atoms with Crippen molar-refractivity contribution in [3.63, 3.8) is 0 Å². The molecule has 20 heavy (non-hydrogen) atoms. The van der Waals surface area contributed by atoms with Crippen molar-refractivity contribution in [3.8, 4) is 0 Å². The van der Waals surface area contributed by atoms with E-state index < -0.39 is 0 Å². The monoisotopic (exact) mass is 298 g/mol. The molecule has 1 aromatic rings. The summed E-state index contributed by atoms with van der Waals surface area (Å²) in [7, 11) is 1.65. The third kappa shape index (κ3) is 3.58. The predicted octanol–water partition coefficient (Wildman–Crippen LogP) is 1.54. The number of aryl methyl sites for hydroxylation is 1. The maximum Gasteiger partial charge on any atom is 0.241 e. The van der Waals surface area contributed by atoms with E-state index in [1.54, 1.807) is 18.4 Å². The molecule has 0 bridgehead atoms. The van der Waals surface area contributed by atoms with E-state index in [2.05, 4.69) is 24.4 Å². The molecule has 1 N–H and O–H groups in total. The van der Waals surface area contributed by atoms with Crippen LogP contribution in [0.15, 0.2) is 12.1 Å². The summed E-state index contributed by atoms with van der Waals surface area (Å²) in [5, 5.41) is 3.34. The van der Waals surface area contributed by atoms with Crippen LogP contribution in [-0.4, -0.2) is 50.3 Å². The Kier molecular flexibility index (Phi) is 5.54. The van der Waals surface area contributed by atoms with E-state index in [1.807, 2.05) is 11.8 Å². The van der Waals surface area contributed by atoms with Crippen molar-refractivity contribution < 1.29 is 14.3 Å². The molecule has 2 heterocycles. The molecule has 6 heteroatoms. The van der Waals surface area contributed by atoms with E-state index in [1.165, 1.54) is 9.75 Å². The fourth-order valence-electron chi connectivity index (χ4n) is 2.26. The molecule has 1 fully saturated rings.